The lowest BCUT2D eigenvalue weighted by molar-refractivity contribution is -0.154. The van der Waals surface area contributed by atoms with Crippen molar-refractivity contribution in [2.24, 2.45) is 17.3 Å². The molecular formula is C33H58N2O8. The molecule has 0 aromatic rings. The van der Waals surface area contributed by atoms with Gasteiger partial charge in [-0.1, -0.05) is 59.6 Å². The zero-order valence-electron chi connectivity index (χ0n) is 27.6. The summed E-state index contributed by atoms with van der Waals surface area (Å²) in [6.07, 6.45) is 6.64. The van der Waals surface area contributed by atoms with Crippen molar-refractivity contribution in [3.63, 3.8) is 0 Å². The van der Waals surface area contributed by atoms with Crippen LogP contribution in [0.25, 0.3) is 0 Å². The van der Waals surface area contributed by atoms with Crippen LogP contribution in [0.5, 0.6) is 0 Å². The molecule has 2 N–H and O–H groups in total. The number of esters is 4. The third-order valence-electron chi connectivity index (χ3n) is 7.25. The molecule has 2 unspecified atom stereocenters. The van der Waals surface area contributed by atoms with E-state index in [1.165, 1.54) is 0 Å². The van der Waals surface area contributed by atoms with Gasteiger partial charge in [0.2, 0.25) is 0 Å². The van der Waals surface area contributed by atoms with Crippen molar-refractivity contribution in [2.45, 2.75) is 118 Å². The summed E-state index contributed by atoms with van der Waals surface area (Å²) in [6.45, 7) is 18.1. The van der Waals surface area contributed by atoms with E-state index < -0.39 is 36.0 Å². The molecule has 248 valence electrons. The van der Waals surface area contributed by atoms with Gasteiger partial charge in [-0.15, -0.1) is 0 Å². The van der Waals surface area contributed by atoms with Crippen LogP contribution < -0.4 is 10.6 Å². The summed E-state index contributed by atoms with van der Waals surface area (Å²) in [4.78, 5) is 50.2. The van der Waals surface area contributed by atoms with E-state index in [0.717, 1.165) is 56.9 Å². The standard InChI is InChI=1S/C33H58N2O8/c1-8-10-16-40-31(38)27(34-20-24(3)4)18-29(36)42-21-25-12-14-26(15-13-25)22-43-30(37)19-28(35-23-33(5,6)7)32(39)41-17-11-9-2/h25-28,34-35H,3,8-23H2,1-2,4-7H3. The number of hydrogen-bond donors (Lipinski definition) is 2. The minimum Gasteiger partial charge on any atom is -0.465 e. The Balaban J connectivity index is 2.45. The number of hydrogen-bond acceptors (Lipinski definition) is 10. The Kier molecular flexibility index (Phi) is 19.1. The molecule has 1 aliphatic rings. The lowest BCUT2D eigenvalue weighted by Crippen LogP contribution is -2.44. The molecule has 0 heterocycles. The van der Waals surface area contributed by atoms with Crippen LogP contribution in [0.4, 0.5) is 0 Å². The minimum absolute atomic E-state index is 0.0534. The molecule has 1 saturated carbocycles. The fourth-order valence-corrected chi connectivity index (χ4v) is 4.48. The van der Waals surface area contributed by atoms with Crippen molar-refractivity contribution in [1.82, 2.24) is 10.6 Å². The number of unbranched alkanes of at least 4 members (excludes halogenated alkanes) is 2. The molecule has 10 nitrogen and oxygen atoms in total. The molecule has 2 atom stereocenters. The molecule has 0 spiro atoms. The molecule has 0 bridgehead atoms. The van der Waals surface area contributed by atoms with E-state index in [1.807, 2.05) is 20.8 Å². The molecule has 1 fully saturated rings. The van der Waals surface area contributed by atoms with E-state index in [0.29, 0.717) is 39.5 Å². The molecular weight excluding hydrogens is 552 g/mol. The van der Waals surface area contributed by atoms with E-state index in [2.05, 4.69) is 38.0 Å². The average Bonchev–Trinajstić information content (AvgIpc) is 2.95. The van der Waals surface area contributed by atoms with Crippen LogP contribution in [0.2, 0.25) is 0 Å². The summed E-state index contributed by atoms with van der Waals surface area (Å²) in [7, 11) is 0. The Labute approximate surface area is 259 Å². The summed E-state index contributed by atoms with van der Waals surface area (Å²) in [5.74, 6) is -1.29. The molecule has 0 radical (unpaired) electrons. The van der Waals surface area contributed by atoms with Gasteiger partial charge in [0.15, 0.2) is 0 Å². The van der Waals surface area contributed by atoms with E-state index in [4.69, 9.17) is 18.9 Å². The van der Waals surface area contributed by atoms with Crippen molar-refractivity contribution in [1.29, 1.82) is 0 Å². The topological polar surface area (TPSA) is 129 Å². The fourth-order valence-electron chi connectivity index (χ4n) is 4.48. The predicted molar refractivity (Wildman–Crippen MR) is 166 cm³/mol. The lowest BCUT2D eigenvalue weighted by atomic mass is 9.83. The molecule has 1 aliphatic carbocycles. The van der Waals surface area contributed by atoms with Crippen LogP contribution in [0.3, 0.4) is 0 Å². The second-order valence-corrected chi connectivity index (χ2v) is 13.1. The SMILES string of the molecule is C=C(C)CNC(CC(=O)OCC1CCC(COC(=O)CC(NCC(C)(C)C)C(=O)OCCCC)CC1)C(=O)OCCCC. The molecule has 0 aliphatic heterocycles. The monoisotopic (exact) mass is 610 g/mol. The Bertz CT molecular complexity index is 861. The number of carbonyl (C=O) groups is 4. The van der Waals surface area contributed by atoms with Gasteiger partial charge in [0, 0.05) is 13.1 Å². The van der Waals surface area contributed by atoms with E-state index >= 15 is 0 Å². The first-order valence-corrected chi connectivity index (χ1v) is 16.1. The van der Waals surface area contributed by atoms with Crippen LogP contribution in [0.1, 0.15) is 106 Å². The van der Waals surface area contributed by atoms with Gasteiger partial charge in [-0.25, -0.2) is 0 Å². The summed E-state index contributed by atoms with van der Waals surface area (Å²) >= 11 is 0. The van der Waals surface area contributed by atoms with Crippen LogP contribution in [0.15, 0.2) is 12.2 Å². The number of ether oxygens (including phenoxy) is 4. The van der Waals surface area contributed by atoms with Crippen LogP contribution in [0, 0.1) is 17.3 Å². The Morgan fingerprint density at radius 1 is 0.744 bits per heavy atom. The number of nitrogens with one attached hydrogen (secondary N) is 2. The van der Waals surface area contributed by atoms with Crippen molar-refractivity contribution in [3.8, 4) is 0 Å². The smallest absolute Gasteiger partial charge is 0.323 e. The highest BCUT2D eigenvalue weighted by Gasteiger charge is 2.29. The summed E-state index contributed by atoms with van der Waals surface area (Å²) in [5, 5.41) is 6.22. The van der Waals surface area contributed by atoms with Gasteiger partial charge in [-0.3, -0.25) is 19.2 Å². The maximum absolute atomic E-state index is 12.6. The zero-order chi connectivity index (χ0) is 32.3. The third kappa shape index (κ3) is 18.7. The van der Waals surface area contributed by atoms with Gasteiger partial charge >= 0.3 is 23.9 Å². The first kappa shape index (κ1) is 38.6. The minimum atomic E-state index is -0.770. The average molecular weight is 611 g/mol. The van der Waals surface area contributed by atoms with Gasteiger partial charge in [0.1, 0.15) is 12.1 Å². The van der Waals surface area contributed by atoms with E-state index in [-0.39, 0.29) is 30.1 Å². The van der Waals surface area contributed by atoms with Crippen molar-refractivity contribution in [2.75, 3.05) is 39.5 Å². The molecule has 10 heteroatoms. The molecule has 0 aromatic heterocycles. The first-order valence-electron chi connectivity index (χ1n) is 16.1. The van der Waals surface area contributed by atoms with Gasteiger partial charge in [0.25, 0.3) is 0 Å². The predicted octanol–water partition coefficient (Wildman–Crippen LogP) is 4.88. The zero-order valence-corrected chi connectivity index (χ0v) is 27.6. The molecule has 0 saturated heterocycles. The second kappa shape index (κ2) is 21.3. The van der Waals surface area contributed by atoms with Gasteiger partial charge in [-0.2, -0.15) is 0 Å². The Morgan fingerprint density at radius 3 is 1.53 bits per heavy atom. The number of carbonyl (C=O) groups excluding carboxylic acids is 4. The molecule has 0 amide bonds. The van der Waals surface area contributed by atoms with E-state index in [9.17, 15) is 19.2 Å². The Hall–Kier alpha value is -2.46. The lowest BCUT2D eigenvalue weighted by Gasteiger charge is -2.28. The fraction of sp³-hybridized carbons (Fsp3) is 0.818. The second-order valence-electron chi connectivity index (χ2n) is 13.1. The highest BCUT2D eigenvalue weighted by Crippen LogP contribution is 2.29. The van der Waals surface area contributed by atoms with Crippen molar-refractivity contribution >= 4 is 23.9 Å². The molecule has 1 rings (SSSR count). The normalized spacial score (nSPS) is 18.3. The van der Waals surface area contributed by atoms with Crippen molar-refractivity contribution < 1.29 is 38.1 Å². The van der Waals surface area contributed by atoms with Crippen LogP contribution in [-0.4, -0.2) is 75.5 Å². The highest BCUT2D eigenvalue weighted by atomic mass is 16.5. The third-order valence-corrected chi connectivity index (χ3v) is 7.25. The maximum Gasteiger partial charge on any atom is 0.323 e. The van der Waals surface area contributed by atoms with Crippen LogP contribution in [-0.2, 0) is 38.1 Å². The quantitative estimate of drug-likeness (QED) is 0.0802. The van der Waals surface area contributed by atoms with Crippen LogP contribution >= 0.6 is 0 Å². The van der Waals surface area contributed by atoms with Gasteiger partial charge in [0.05, 0.1) is 39.3 Å². The molecule has 0 aromatic carbocycles. The van der Waals surface area contributed by atoms with E-state index in [1.54, 1.807) is 0 Å². The summed E-state index contributed by atoms with van der Waals surface area (Å²) in [5.41, 5.74) is 0.798. The number of rotatable bonds is 21. The summed E-state index contributed by atoms with van der Waals surface area (Å²) < 4.78 is 21.8. The molecule has 43 heavy (non-hydrogen) atoms. The summed E-state index contributed by atoms with van der Waals surface area (Å²) in [6, 6.07) is -1.50. The highest BCUT2D eigenvalue weighted by molar-refractivity contribution is 5.83. The maximum atomic E-state index is 12.6. The Morgan fingerprint density at radius 2 is 1.16 bits per heavy atom. The van der Waals surface area contributed by atoms with Gasteiger partial charge in [-0.05, 0) is 62.7 Å². The first-order chi connectivity index (χ1) is 20.3. The van der Waals surface area contributed by atoms with Crippen molar-refractivity contribution in [3.05, 3.63) is 12.2 Å². The largest absolute Gasteiger partial charge is 0.465 e. The van der Waals surface area contributed by atoms with Gasteiger partial charge < -0.3 is 29.6 Å².